The quantitative estimate of drug-likeness (QED) is 0.523. The zero-order valence-corrected chi connectivity index (χ0v) is 23.8. The lowest BCUT2D eigenvalue weighted by atomic mass is 9.96. The number of aromatic nitrogens is 1. The summed E-state index contributed by atoms with van der Waals surface area (Å²) < 4.78 is 17.4. The highest BCUT2D eigenvalue weighted by Crippen LogP contribution is 2.34. The van der Waals surface area contributed by atoms with Crippen LogP contribution < -0.4 is 20.5 Å². The molecule has 2 aliphatic heterocycles. The summed E-state index contributed by atoms with van der Waals surface area (Å²) in [6, 6.07) is 3.30. The minimum absolute atomic E-state index is 0.00712. The Labute approximate surface area is 234 Å². The number of benzene rings is 1. The van der Waals surface area contributed by atoms with Gasteiger partial charge in [-0.05, 0) is 66.0 Å². The van der Waals surface area contributed by atoms with Gasteiger partial charge in [0.15, 0.2) is 0 Å². The van der Waals surface area contributed by atoms with Crippen LogP contribution in [0.4, 0.5) is 4.79 Å². The summed E-state index contributed by atoms with van der Waals surface area (Å²) in [7, 11) is 0. The summed E-state index contributed by atoms with van der Waals surface area (Å²) in [5, 5.41) is 4.20. The van der Waals surface area contributed by atoms with E-state index in [9.17, 15) is 14.4 Å². The van der Waals surface area contributed by atoms with E-state index in [1.54, 1.807) is 23.2 Å². The van der Waals surface area contributed by atoms with Gasteiger partial charge >= 0.3 is 6.09 Å². The van der Waals surface area contributed by atoms with E-state index in [0.29, 0.717) is 53.9 Å². The van der Waals surface area contributed by atoms with Crippen LogP contribution in [-0.2, 0) is 9.53 Å². The lowest BCUT2D eigenvalue weighted by Gasteiger charge is -2.31. The summed E-state index contributed by atoms with van der Waals surface area (Å²) >= 11 is 0. The minimum atomic E-state index is -0.612. The maximum atomic E-state index is 12.4. The number of fused-ring (bicyclic) bond motifs is 1. The molecule has 2 fully saturated rings. The molecular formula is C30H38N4O6. The molecule has 2 aliphatic rings. The molecule has 0 aliphatic carbocycles. The first-order valence-corrected chi connectivity index (χ1v) is 13.7. The maximum Gasteiger partial charge on any atom is 0.410 e. The topological polar surface area (TPSA) is 133 Å². The normalized spacial score (nSPS) is 17.8. The number of carbonyl (C=O) groups excluding carboxylic acids is 3. The van der Waals surface area contributed by atoms with E-state index in [4.69, 9.17) is 19.9 Å². The average Bonchev–Trinajstić information content (AvgIpc) is 3.29. The second-order valence-corrected chi connectivity index (χ2v) is 11.5. The van der Waals surface area contributed by atoms with Gasteiger partial charge in [-0.25, -0.2) is 9.78 Å². The Bertz CT molecular complexity index is 1350. The molecule has 0 bridgehead atoms. The fraction of sp³-hybridized carbons (Fsp3) is 0.533. The van der Waals surface area contributed by atoms with Crippen molar-refractivity contribution in [3.8, 4) is 23.5 Å². The molecule has 3 heterocycles. The van der Waals surface area contributed by atoms with Gasteiger partial charge in [-0.2, -0.15) is 0 Å². The number of hydrogen-bond acceptors (Lipinski definition) is 7. The van der Waals surface area contributed by atoms with E-state index in [1.165, 1.54) is 0 Å². The predicted molar refractivity (Wildman–Crippen MR) is 150 cm³/mol. The Balaban J connectivity index is 1.60. The summed E-state index contributed by atoms with van der Waals surface area (Å²) in [5.41, 5.74) is 6.05. The fourth-order valence-electron chi connectivity index (χ4n) is 4.70. The van der Waals surface area contributed by atoms with Crippen LogP contribution in [0.1, 0.15) is 76.2 Å². The van der Waals surface area contributed by atoms with Crippen molar-refractivity contribution in [3.63, 3.8) is 0 Å². The van der Waals surface area contributed by atoms with Crippen molar-refractivity contribution >= 4 is 28.7 Å². The molecule has 1 unspecified atom stereocenters. The summed E-state index contributed by atoms with van der Waals surface area (Å²) in [5.74, 6) is 6.76. The molecular weight excluding hydrogens is 512 g/mol. The Morgan fingerprint density at radius 3 is 2.50 bits per heavy atom. The van der Waals surface area contributed by atoms with E-state index in [2.05, 4.69) is 22.1 Å². The van der Waals surface area contributed by atoms with Crippen LogP contribution in [0.3, 0.4) is 0 Å². The van der Waals surface area contributed by atoms with Crippen LogP contribution in [0.2, 0.25) is 0 Å². The highest BCUT2D eigenvalue weighted by atomic mass is 16.6. The number of hydrogen-bond donors (Lipinski definition) is 2. The van der Waals surface area contributed by atoms with E-state index >= 15 is 0 Å². The molecule has 0 saturated carbocycles. The Morgan fingerprint density at radius 1 is 1.18 bits per heavy atom. The highest BCUT2D eigenvalue weighted by Gasteiger charge is 2.26. The van der Waals surface area contributed by atoms with E-state index in [0.717, 1.165) is 12.8 Å². The van der Waals surface area contributed by atoms with Gasteiger partial charge < -0.3 is 30.2 Å². The number of amides is 3. The van der Waals surface area contributed by atoms with Crippen molar-refractivity contribution in [1.29, 1.82) is 0 Å². The fourth-order valence-corrected chi connectivity index (χ4v) is 4.70. The Hall–Kier alpha value is -4.00. The number of likely N-dealkylation sites (tertiary alicyclic amines) is 1. The number of primary amides is 1. The van der Waals surface area contributed by atoms with E-state index in [1.807, 2.05) is 34.6 Å². The molecule has 3 amide bonds. The van der Waals surface area contributed by atoms with Crippen LogP contribution in [0.15, 0.2) is 18.3 Å². The molecule has 1 aromatic carbocycles. The molecule has 1 aromatic heterocycles. The van der Waals surface area contributed by atoms with E-state index in [-0.39, 0.29) is 42.2 Å². The van der Waals surface area contributed by atoms with Crippen LogP contribution in [0.25, 0.3) is 10.8 Å². The Morgan fingerprint density at radius 2 is 1.90 bits per heavy atom. The maximum absolute atomic E-state index is 12.4. The number of nitrogens with zero attached hydrogens (tertiary/aromatic N) is 2. The van der Waals surface area contributed by atoms with Gasteiger partial charge in [-0.15, -0.1) is 0 Å². The zero-order chi connectivity index (χ0) is 29.0. The summed E-state index contributed by atoms with van der Waals surface area (Å²) in [6.07, 6.45) is 3.76. The van der Waals surface area contributed by atoms with Crippen LogP contribution in [0.5, 0.6) is 11.6 Å². The first-order valence-electron chi connectivity index (χ1n) is 13.7. The van der Waals surface area contributed by atoms with Gasteiger partial charge in [0, 0.05) is 42.4 Å². The molecule has 40 heavy (non-hydrogen) atoms. The predicted octanol–water partition coefficient (Wildman–Crippen LogP) is 3.78. The molecule has 10 heteroatoms. The van der Waals surface area contributed by atoms with Crippen molar-refractivity contribution in [3.05, 3.63) is 29.5 Å². The lowest BCUT2D eigenvalue weighted by Crippen LogP contribution is -2.41. The van der Waals surface area contributed by atoms with Crippen molar-refractivity contribution in [2.75, 3.05) is 19.7 Å². The molecule has 1 atom stereocenters. The third-order valence-corrected chi connectivity index (χ3v) is 6.64. The smallest absolute Gasteiger partial charge is 0.410 e. The lowest BCUT2D eigenvalue weighted by molar-refractivity contribution is -0.119. The highest BCUT2D eigenvalue weighted by molar-refractivity contribution is 6.03. The van der Waals surface area contributed by atoms with Crippen LogP contribution in [-0.4, -0.2) is 65.2 Å². The SMILES string of the molecule is CC(C)Oc1cc2c(OCC3CCC(=O)N3)ncc(C#CC3CCN(C(=O)OC(C)(C)C)CC3)c2cc1C(N)=O. The number of nitrogens with one attached hydrogen (secondary N) is 1. The molecule has 4 rings (SSSR count). The number of nitrogens with two attached hydrogens (primary N) is 1. The molecule has 10 nitrogen and oxygen atoms in total. The van der Waals surface area contributed by atoms with Crippen molar-refractivity contribution in [2.24, 2.45) is 11.7 Å². The average molecular weight is 551 g/mol. The molecule has 2 aromatic rings. The van der Waals surface area contributed by atoms with E-state index < -0.39 is 11.5 Å². The largest absolute Gasteiger partial charge is 0.490 e. The third kappa shape index (κ3) is 7.34. The number of rotatable bonds is 6. The van der Waals surface area contributed by atoms with Crippen LogP contribution in [0, 0.1) is 17.8 Å². The van der Waals surface area contributed by atoms with Gasteiger partial charge in [-0.3, -0.25) is 9.59 Å². The summed E-state index contributed by atoms with van der Waals surface area (Å²) in [6.45, 7) is 10.7. The van der Waals surface area contributed by atoms with Crippen molar-refractivity contribution < 1.29 is 28.6 Å². The number of piperidine rings is 1. The molecule has 3 N–H and O–H groups in total. The first kappa shape index (κ1) is 29.0. The van der Waals surface area contributed by atoms with Crippen LogP contribution >= 0.6 is 0 Å². The number of pyridine rings is 1. The van der Waals surface area contributed by atoms with Crippen molar-refractivity contribution in [2.45, 2.75) is 78.0 Å². The Kier molecular flexibility index (Phi) is 8.72. The summed E-state index contributed by atoms with van der Waals surface area (Å²) in [4.78, 5) is 42.6. The van der Waals surface area contributed by atoms with Gasteiger partial charge in [0.2, 0.25) is 11.8 Å². The number of ether oxygens (including phenoxy) is 3. The second kappa shape index (κ2) is 12.0. The molecule has 214 valence electrons. The van der Waals surface area contributed by atoms with Gasteiger partial charge in [0.05, 0.1) is 23.3 Å². The molecule has 0 spiro atoms. The monoisotopic (exact) mass is 550 g/mol. The van der Waals surface area contributed by atoms with Gasteiger partial charge in [-0.1, -0.05) is 11.8 Å². The third-order valence-electron chi connectivity index (χ3n) is 6.64. The zero-order valence-electron chi connectivity index (χ0n) is 23.8. The van der Waals surface area contributed by atoms with Gasteiger partial charge in [0.25, 0.3) is 5.91 Å². The standard InChI is InChI=1S/C30H38N4O6/c1-18(2)39-25-15-23-22(14-24(25)27(31)36)20(16-32-28(23)38-17-21-8-9-26(35)33-21)7-6-19-10-12-34(13-11-19)29(37)40-30(3,4)5/h14-16,18-19,21H,8-13,17H2,1-5H3,(H2,31,36)(H,33,35). The molecule has 0 radical (unpaired) electrons. The first-order chi connectivity index (χ1) is 18.9. The van der Waals surface area contributed by atoms with Gasteiger partial charge in [0.1, 0.15) is 18.0 Å². The second-order valence-electron chi connectivity index (χ2n) is 11.5. The minimum Gasteiger partial charge on any atom is -0.490 e. The number of carbonyl (C=O) groups is 3. The molecule has 2 saturated heterocycles. The van der Waals surface area contributed by atoms with Crippen molar-refractivity contribution in [1.82, 2.24) is 15.2 Å².